The molecule has 0 fully saturated rings. The molecule has 0 aromatic rings. The van der Waals surface area contributed by atoms with Gasteiger partial charge in [-0.3, -0.25) is 0 Å². The van der Waals surface area contributed by atoms with Crippen LogP contribution >= 0.6 is 0 Å². The Balaban J connectivity index is 3.47. The highest BCUT2D eigenvalue weighted by molar-refractivity contribution is 4.82. The van der Waals surface area contributed by atoms with Crippen LogP contribution in [0, 0.1) is 10.8 Å². The van der Waals surface area contributed by atoms with Crippen molar-refractivity contribution in [2.75, 3.05) is 0 Å². The van der Waals surface area contributed by atoms with Gasteiger partial charge in [-0.2, -0.15) is 4.91 Å². The molecule has 0 radical (unpaired) electrons. The molecule has 0 aliphatic carbocycles. The van der Waals surface area contributed by atoms with E-state index in [0.717, 1.165) is 6.42 Å². The van der Waals surface area contributed by atoms with Gasteiger partial charge >= 0.3 is 0 Å². The number of nitroso groups, excluding NO2 is 1. The van der Waals surface area contributed by atoms with Crippen LogP contribution in [0.2, 0.25) is 0 Å². The molecule has 0 aromatic carbocycles. The van der Waals surface area contributed by atoms with Crippen LogP contribution in [-0.4, -0.2) is 5.54 Å². The summed E-state index contributed by atoms with van der Waals surface area (Å²) in [6.45, 7) is 8.23. The predicted molar refractivity (Wildman–Crippen MR) is 67.0 cm³/mol. The van der Waals surface area contributed by atoms with Crippen molar-refractivity contribution in [1.29, 1.82) is 0 Å². The second-order valence-electron chi connectivity index (χ2n) is 5.20. The van der Waals surface area contributed by atoms with Gasteiger partial charge in [0.2, 0.25) is 0 Å². The first-order chi connectivity index (χ1) is 7.04. The Morgan fingerprint density at radius 1 is 1.07 bits per heavy atom. The van der Waals surface area contributed by atoms with Gasteiger partial charge in [-0.25, -0.2) is 0 Å². The molecule has 0 heterocycles. The minimum absolute atomic E-state index is 0.385. The van der Waals surface area contributed by atoms with Gasteiger partial charge in [0.1, 0.15) is 0 Å². The van der Waals surface area contributed by atoms with E-state index in [2.05, 4.69) is 19.0 Å². The van der Waals surface area contributed by atoms with E-state index in [-0.39, 0.29) is 5.54 Å². The second kappa shape index (κ2) is 7.84. The van der Waals surface area contributed by atoms with Gasteiger partial charge in [0, 0.05) is 0 Å². The lowest BCUT2D eigenvalue weighted by Crippen LogP contribution is -2.25. The monoisotopic (exact) mass is 213 g/mol. The van der Waals surface area contributed by atoms with E-state index >= 15 is 0 Å². The van der Waals surface area contributed by atoms with Crippen LogP contribution in [0.3, 0.4) is 0 Å². The maximum Gasteiger partial charge on any atom is 0.0996 e. The summed E-state index contributed by atoms with van der Waals surface area (Å²) in [7, 11) is 0. The third-order valence-corrected chi connectivity index (χ3v) is 3.43. The van der Waals surface area contributed by atoms with Crippen molar-refractivity contribution < 1.29 is 0 Å². The van der Waals surface area contributed by atoms with Crippen LogP contribution in [0.15, 0.2) is 5.18 Å². The van der Waals surface area contributed by atoms with Crippen molar-refractivity contribution in [2.24, 2.45) is 11.1 Å². The van der Waals surface area contributed by atoms with Crippen molar-refractivity contribution in [3.63, 3.8) is 0 Å². The summed E-state index contributed by atoms with van der Waals surface area (Å²) >= 11 is 0. The normalized spacial score (nSPS) is 13.9. The molecule has 0 saturated heterocycles. The maximum absolute atomic E-state index is 10.6. The highest BCUT2D eigenvalue weighted by Gasteiger charge is 2.25. The first-order valence-electron chi connectivity index (χ1n) is 6.39. The van der Waals surface area contributed by atoms with E-state index in [0.29, 0.717) is 5.92 Å². The molecule has 0 amide bonds. The minimum Gasteiger partial charge on any atom is -0.150 e. The van der Waals surface area contributed by atoms with Crippen LogP contribution in [-0.2, 0) is 0 Å². The SMILES string of the molecule is CCCCCCCCC(C)C(C)(C)N=O. The molecule has 0 saturated carbocycles. The zero-order valence-corrected chi connectivity index (χ0v) is 10.9. The van der Waals surface area contributed by atoms with E-state index in [1.807, 2.05) is 13.8 Å². The Hall–Kier alpha value is -0.400. The Bertz CT molecular complexity index is 166. The number of unbranched alkanes of at least 4 members (excludes halogenated alkanes) is 5. The third kappa shape index (κ3) is 6.64. The summed E-state index contributed by atoms with van der Waals surface area (Å²) in [5, 5.41) is 3.20. The van der Waals surface area contributed by atoms with Gasteiger partial charge in [0.25, 0.3) is 0 Å². The van der Waals surface area contributed by atoms with Gasteiger partial charge in [-0.05, 0) is 26.2 Å². The fraction of sp³-hybridized carbons (Fsp3) is 1.00. The van der Waals surface area contributed by atoms with Crippen LogP contribution in [0.5, 0.6) is 0 Å². The number of nitrogens with zero attached hydrogens (tertiary/aromatic N) is 1. The first kappa shape index (κ1) is 14.6. The molecule has 0 aliphatic heterocycles. The van der Waals surface area contributed by atoms with Crippen LogP contribution in [0.4, 0.5) is 0 Å². The molecule has 0 N–H and O–H groups in total. The Kier molecular flexibility index (Phi) is 7.63. The highest BCUT2D eigenvalue weighted by atomic mass is 16.3. The molecular weight excluding hydrogens is 186 g/mol. The average molecular weight is 213 g/mol. The van der Waals surface area contributed by atoms with Gasteiger partial charge in [0.15, 0.2) is 0 Å². The Labute approximate surface area is 94.8 Å². The minimum atomic E-state index is -0.385. The Morgan fingerprint density at radius 3 is 2.13 bits per heavy atom. The average Bonchev–Trinajstić information content (AvgIpc) is 2.22. The maximum atomic E-state index is 10.6. The summed E-state index contributed by atoms with van der Waals surface area (Å²) in [6.07, 6.45) is 9.04. The number of rotatable bonds is 9. The largest absolute Gasteiger partial charge is 0.150 e. The fourth-order valence-electron chi connectivity index (χ4n) is 1.67. The smallest absolute Gasteiger partial charge is 0.0996 e. The molecule has 0 rings (SSSR count). The van der Waals surface area contributed by atoms with Crippen molar-refractivity contribution in [1.82, 2.24) is 0 Å². The molecule has 0 aliphatic rings. The number of hydrogen-bond acceptors (Lipinski definition) is 2. The van der Waals surface area contributed by atoms with Gasteiger partial charge < -0.3 is 0 Å². The van der Waals surface area contributed by atoms with Crippen molar-refractivity contribution >= 4 is 0 Å². The van der Waals surface area contributed by atoms with Crippen molar-refractivity contribution in [3.05, 3.63) is 4.91 Å². The van der Waals surface area contributed by atoms with Crippen molar-refractivity contribution in [2.45, 2.75) is 78.2 Å². The first-order valence-corrected chi connectivity index (χ1v) is 6.39. The highest BCUT2D eigenvalue weighted by Crippen LogP contribution is 2.25. The summed E-state index contributed by atoms with van der Waals surface area (Å²) in [6, 6.07) is 0. The summed E-state index contributed by atoms with van der Waals surface area (Å²) in [5.41, 5.74) is -0.385. The second-order valence-corrected chi connectivity index (χ2v) is 5.20. The molecule has 90 valence electrons. The van der Waals surface area contributed by atoms with E-state index in [1.165, 1.54) is 38.5 Å². The molecule has 2 heteroatoms. The van der Waals surface area contributed by atoms with Crippen LogP contribution in [0.1, 0.15) is 72.6 Å². The predicted octanol–water partition coefficient (Wildman–Crippen LogP) is 4.92. The topological polar surface area (TPSA) is 29.4 Å². The van der Waals surface area contributed by atoms with E-state index in [1.54, 1.807) is 0 Å². The lowest BCUT2D eigenvalue weighted by Gasteiger charge is -2.23. The van der Waals surface area contributed by atoms with Gasteiger partial charge in [-0.15, -0.1) is 0 Å². The van der Waals surface area contributed by atoms with Crippen molar-refractivity contribution in [3.8, 4) is 0 Å². The molecule has 0 spiro atoms. The van der Waals surface area contributed by atoms with Crippen LogP contribution in [0.25, 0.3) is 0 Å². The Morgan fingerprint density at radius 2 is 1.60 bits per heavy atom. The third-order valence-electron chi connectivity index (χ3n) is 3.43. The standard InChI is InChI=1S/C13H27NO/c1-5-6-7-8-9-10-11-12(2)13(3,4)14-15/h12H,5-11H2,1-4H3. The van der Waals surface area contributed by atoms with Crippen LogP contribution < -0.4 is 0 Å². The van der Waals surface area contributed by atoms with E-state index in [9.17, 15) is 4.91 Å². The lowest BCUT2D eigenvalue weighted by atomic mass is 9.86. The summed E-state index contributed by atoms with van der Waals surface area (Å²) in [5.74, 6) is 0.404. The van der Waals surface area contributed by atoms with E-state index in [4.69, 9.17) is 0 Å². The molecule has 0 bridgehead atoms. The molecule has 1 unspecified atom stereocenters. The lowest BCUT2D eigenvalue weighted by molar-refractivity contribution is 0.316. The zero-order chi connectivity index (χ0) is 11.7. The molecular formula is C13H27NO. The fourth-order valence-corrected chi connectivity index (χ4v) is 1.67. The molecule has 0 aromatic heterocycles. The zero-order valence-electron chi connectivity index (χ0n) is 10.9. The quantitative estimate of drug-likeness (QED) is 0.395. The van der Waals surface area contributed by atoms with E-state index < -0.39 is 0 Å². The van der Waals surface area contributed by atoms with Gasteiger partial charge in [-0.1, -0.05) is 57.5 Å². The molecule has 15 heavy (non-hydrogen) atoms. The summed E-state index contributed by atoms with van der Waals surface area (Å²) in [4.78, 5) is 10.6. The number of hydrogen-bond donors (Lipinski definition) is 0. The molecule has 2 nitrogen and oxygen atoms in total. The molecule has 1 atom stereocenters. The summed E-state index contributed by atoms with van der Waals surface area (Å²) < 4.78 is 0. The van der Waals surface area contributed by atoms with Gasteiger partial charge in [0.05, 0.1) is 5.54 Å².